The Labute approximate surface area is 176 Å². The van der Waals surface area contributed by atoms with Gasteiger partial charge in [-0.25, -0.2) is 4.18 Å². The fourth-order valence-corrected chi connectivity index (χ4v) is 10.0. The van der Waals surface area contributed by atoms with Crippen LogP contribution in [-0.2, 0) is 18.7 Å². The first-order valence-electron chi connectivity index (χ1n) is 10.3. The zero-order valence-electron chi connectivity index (χ0n) is 17.9. The van der Waals surface area contributed by atoms with E-state index in [0.717, 1.165) is 35.9 Å². The van der Waals surface area contributed by atoms with Gasteiger partial charge >= 0.3 is 0 Å². The van der Waals surface area contributed by atoms with Gasteiger partial charge in [0, 0.05) is 12.8 Å². The van der Waals surface area contributed by atoms with Crippen molar-refractivity contribution in [2.24, 2.45) is 0 Å². The second-order valence-electron chi connectivity index (χ2n) is 9.02. The van der Waals surface area contributed by atoms with Crippen LogP contribution in [-0.4, -0.2) is 28.8 Å². The summed E-state index contributed by atoms with van der Waals surface area (Å²) in [4.78, 5) is 0. The number of benzene rings is 2. The zero-order chi connectivity index (χ0) is 21.2. The van der Waals surface area contributed by atoms with Crippen LogP contribution in [0.15, 0.2) is 60.7 Å². The summed E-state index contributed by atoms with van der Waals surface area (Å²) in [5, 5.41) is 2.02. The molecule has 1 aliphatic carbocycles. The van der Waals surface area contributed by atoms with Crippen molar-refractivity contribution < 1.29 is 17.0 Å². The van der Waals surface area contributed by atoms with Crippen molar-refractivity contribution in [3.05, 3.63) is 60.7 Å². The Hall–Kier alpha value is -1.47. The zero-order valence-corrected chi connectivity index (χ0v) is 19.7. The molecule has 3 rings (SSSR count). The lowest BCUT2D eigenvalue weighted by atomic mass is 9.95. The van der Waals surface area contributed by atoms with Crippen LogP contribution < -0.4 is 10.4 Å². The molecule has 0 bridgehead atoms. The monoisotopic (exact) mass is 432 g/mol. The average Bonchev–Trinajstić information content (AvgIpc) is 2.66. The summed E-state index contributed by atoms with van der Waals surface area (Å²) in [7, 11) is -6.57. The normalized spacial score (nSPS) is 17.8. The molecule has 158 valence electrons. The van der Waals surface area contributed by atoms with Crippen molar-refractivity contribution in [3.63, 3.8) is 0 Å². The third-order valence-electron chi connectivity index (χ3n) is 5.67. The van der Waals surface area contributed by atoms with Crippen LogP contribution in [0.25, 0.3) is 0 Å². The van der Waals surface area contributed by atoms with Crippen LogP contribution in [0.2, 0.25) is 5.04 Å². The molecule has 6 heteroatoms. The molecule has 0 saturated heterocycles. The quantitative estimate of drug-likeness (QED) is 0.390. The first kappa shape index (κ1) is 22.2. The predicted octanol–water partition coefficient (Wildman–Crippen LogP) is 4.20. The molecule has 0 N–H and O–H groups in total. The van der Waals surface area contributed by atoms with Crippen molar-refractivity contribution in [1.29, 1.82) is 0 Å². The number of rotatable bonds is 6. The third kappa shape index (κ3) is 4.82. The van der Waals surface area contributed by atoms with E-state index in [2.05, 4.69) is 45.0 Å². The molecule has 1 fully saturated rings. The highest BCUT2D eigenvalue weighted by Gasteiger charge is 2.56. The third-order valence-corrected chi connectivity index (χ3v) is 11.4. The SMILES string of the molecule is CC(C)(C)[Si](OC1(OS(C)(=O)=O)CCCCC1)(c1ccccc1)c1ccccc1. The number of hydrogen-bond acceptors (Lipinski definition) is 4. The molecular weight excluding hydrogens is 400 g/mol. The Kier molecular flexibility index (Phi) is 6.39. The van der Waals surface area contributed by atoms with E-state index in [9.17, 15) is 8.42 Å². The van der Waals surface area contributed by atoms with Gasteiger partial charge in [0.25, 0.3) is 18.4 Å². The van der Waals surface area contributed by atoms with Gasteiger partial charge in [-0.3, -0.25) is 0 Å². The van der Waals surface area contributed by atoms with Gasteiger partial charge < -0.3 is 4.43 Å². The molecule has 0 heterocycles. The summed E-state index contributed by atoms with van der Waals surface area (Å²) in [5.74, 6) is -1.11. The van der Waals surface area contributed by atoms with Crippen LogP contribution in [0.4, 0.5) is 0 Å². The molecule has 0 atom stereocenters. The summed E-state index contributed by atoms with van der Waals surface area (Å²) in [6.45, 7) is 6.57. The molecule has 29 heavy (non-hydrogen) atoms. The molecule has 0 unspecified atom stereocenters. The van der Waals surface area contributed by atoms with Crippen LogP contribution in [0.1, 0.15) is 52.9 Å². The lowest BCUT2D eigenvalue weighted by Gasteiger charge is -2.49. The second kappa shape index (κ2) is 8.34. The van der Waals surface area contributed by atoms with Gasteiger partial charge in [-0.15, -0.1) is 0 Å². The van der Waals surface area contributed by atoms with Crippen LogP contribution >= 0.6 is 0 Å². The summed E-state index contributed by atoms with van der Waals surface area (Å²) in [6, 6.07) is 20.6. The second-order valence-corrected chi connectivity index (χ2v) is 14.8. The molecule has 1 aliphatic rings. The first-order valence-corrected chi connectivity index (χ1v) is 14.0. The molecule has 2 aromatic rings. The van der Waals surface area contributed by atoms with Crippen LogP contribution in [0.5, 0.6) is 0 Å². The van der Waals surface area contributed by atoms with Crippen molar-refractivity contribution >= 4 is 28.8 Å². The summed E-state index contributed by atoms with van der Waals surface area (Å²) >= 11 is 0. The smallest absolute Gasteiger partial charge is 0.267 e. The Morgan fingerprint density at radius 2 is 1.28 bits per heavy atom. The van der Waals surface area contributed by atoms with E-state index in [4.69, 9.17) is 8.61 Å². The summed E-state index contributed by atoms with van der Waals surface area (Å²) < 4.78 is 37.3. The van der Waals surface area contributed by atoms with Crippen molar-refractivity contribution in [2.75, 3.05) is 6.26 Å². The summed E-state index contributed by atoms with van der Waals surface area (Å²) in [6.07, 6.45) is 5.16. The minimum Gasteiger partial charge on any atom is -0.379 e. The van der Waals surface area contributed by atoms with E-state index < -0.39 is 24.2 Å². The molecule has 1 saturated carbocycles. The van der Waals surface area contributed by atoms with Crippen LogP contribution in [0, 0.1) is 0 Å². The van der Waals surface area contributed by atoms with E-state index in [-0.39, 0.29) is 5.04 Å². The maximum absolute atomic E-state index is 12.2. The van der Waals surface area contributed by atoms with Gasteiger partial charge in [-0.1, -0.05) is 87.9 Å². The Morgan fingerprint density at radius 1 is 0.828 bits per heavy atom. The highest BCUT2D eigenvalue weighted by atomic mass is 32.2. The maximum atomic E-state index is 12.2. The largest absolute Gasteiger partial charge is 0.379 e. The van der Waals surface area contributed by atoms with Gasteiger partial charge in [-0.05, 0) is 28.3 Å². The maximum Gasteiger partial charge on any atom is 0.267 e. The average molecular weight is 433 g/mol. The van der Waals surface area contributed by atoms with Crippen molar-refractivity contribution in [3.8, 4) is 0 Å². The van der Waals surface area contributed by atoms with E-state index in [1.165, 1.54) is 0 Å². The van der Waals surface area contributed by atoms with E-state index in [1.54, 1.807) is 0 Å². The minimum absolute atomic E-state index is 0.235. The number of hydrogen-bond donors (Lipinski definition) is 0. The lowest BCUT2D eigenvalue weighted by Crippen LogP contribution is -2.70. The summed E-state index contributed by atoms with van der Waals surface area (Å²) in [5.41, 5.74) is 0. The van der Waals surface area contributed by atoms with Crippen LogP contribution in [0.3, 0.4) is 0 Å². The molecule has 0 aromatic heterocycles. The fraction of sp³-hybridized carbons (Fsp3) is 0.478. The van der Waals surface area contributed by atoms with Crippen molar-refractivity contribution in [1.82, 2.24) is 0 Å². The molecule has 2 aromatic carbocycles. The Balaban J connectivity index is 2.24. The topological polar surface area (TPSA) is 52.6 Å². The predicted molar refractivity (Wildman–Crippen MR) is 120 cm³/mol. The highest BCUT2D eigenvalue weighted by Crippen LogP contribution is 2.44. The van der Waals surface area contributed by atoms with E-state index in [1.807, 2.05) is 36.4 Å². The van der Waals surface area contributed by atoms with Crippen molar-refractivity contribution in [2.45, 2.75) is 63.7 Å². The highest BCUT2D eigenvalue weighted by molar-refractivity contribution is 7.86. The van der Waals surface area contributed by atoms with E-state index >= 15 is 0 Å². The lowest BCUT2D eigenvalue weighted by molar-refractivity contribution is -0.139. The van der Waals surface area contributed by atoms with Gasteiger partial charge in [-0.2, -0.15) is 8.42 Å². The Morgan fingerprint density at radius 3 is 1.66 bits per heavy atom. The standard InChI is InChI=1S/C23H32O4SSi/c1-22(2,3)29(20-14-8-5-9-15-20,21-16-10-6-11-17-21)27-23(26-28(4,24)25)18-12-7-13-19-23/h5-6,8-11,14-17H,7,12-13,18-19H2,1-4H3. The molecule has 4 nitrogen and oxygen atoms in total. The molecule has 0 aliphatic heterocycles. The molecule has 0 radical (unpaired) electrons. The van der Waals surface area contributed by atoms with Gasteiger partial charge in [0.05, 0.1) is 6.26 Å². The molecular formula is C23H32O4SSi. The fourth-order valence-electron chi connectivity index (χ4n) is 4.50. The van der Waals surface area contributed by atoms with E-state index in [0.29, 0.717) is 12.8 Å². The van der Waals surface area contributed by atoms with Gasteiger partial charge in [0.2, 0.25) is 0 Å². The van der Waals surface area contributed by atoms with Gasteiger partial charge in [0.15, 0.2) is 5.79 Å². The molecule has 0 amide bonds. The minimum atomic E-state index is -3.67. The van der Waals surface area contributed by atoms with Gasteiger partial charge in [0.1, 0.15) is 0 Å². The Bertz CT molecular complexity index is 859. The first-order chi connectivity index (χ1) is 13.6. The molecule has 0 spiro atoms.